The van der Waals surface area contributed by atoms with Gasteiger partial charge in [-0.1, -0.05) is 65.8 Å². The molecule has 35 heavy (non-hydrogen) atoms. The number of carbonyl (C=O) groups excluding carboxylic acids is 1. The minimum Gasteiger partial charge on any atom is -0.456 e. The van der Waals surface area contributed by atoms with E-state index in [0.29, 0.717) is 11.3 Å². The summed E-state index contributed by atoms with van der Waals surface area (Å²) in [6, 6.07) is 16.2. The van der Waals surface area contributed by atoms with Crippen molar-refractivity contribution in [2.45, 2.75) is 58.8 Å². The maximum absolute atomic E-state index is 12.8. The average Bonchev–Trinajstić information content (AvgIpc) is 3.40. The SMILES string of the molecule is C=C(C)C(=O)Oc1c2c(c(Oc3ccccc3)c3cc(C)ccc13)C1C=C(CCC=C(C)C)C2C1. The van der Waals surface area contributed by atoms with E-state index in [0.717, 1.165) is 58.2 Å². The van der Waals surface area contributed by atoms with Gasteiger partial charge in [-0.3, -0.25) is 0 Å². The van der Waals surface area contributed by atoms with Crippen LogP contribution in [0.2, 0.25) is 0 Å². The smallest absolute Gasteiger partial charge is 0.338 e. The summed E-state index contributed by atoms with van der Waals surface area (Å²) in [6.07, 6.45) is 7.75. The van der Waals surface area contributed by atoms with Crippen LogP contribution in [-0.4, -0.2) is 5.97 Å². The topological polar surface area (TPSA) is 35.5 Å². The van der Waals surface area contributed by atoms with Crippen molar-refractivity contribution in [2.75, 3.05) is 0 Å². The molecule has 2 aliphatic carbocycles. The first-order valence-electron chi connectivity index (χ1n) is 12.4. The molecular formula is C32H32O3. The molecule has 2 bridgehead atoms. The molecule has 0 N–H and O–H groups in total. The molecule has 0 aromatic heterocycles. The molecule has 0 saturated heterocycles. The Morgan fingerprint density at radius 3 is 2.51 bits per heavy atom. The summed E-state index contributed by atoms with van der Waals surface area (Å²) in [6.45, 7) is 11.9. The zero-order chi connectivity index (χ0) is 24.7. The van der Waals surface area contributed by atoms with Gasteiger partial charge in [0.15, 0.2) is 0 Å². The van der Waals surface area contributed by atoms with Crippen LogP contribution in [0.4, 0.5) is 0 Å². The second kappa shape index (κ2) is 9.22. The molecule has 2 atom stereocenters. The van der Waals surface area contributed by atoms with E-state index in [9.17, 15) is 4.79 Å². The van der Waals surface area contributed by atoms with E-state index in [4.69, 9.17) is 9.47 Å². The molecule has 0 fully saturated rings. The van der Waals surface area contributed by atoms with Crippen LogP contribution in [0.15, 0.2) is 84.0 Å². The van der Waals surface area contributed by atoms with E-state index >= 15 is 0 Å². The van der Waals surface area contributed by atoms with Crippen molar-refractivity contribution in [3.8, 4) is 17.2 Å². The fraction of sp³-hybridized carbons (Fsp3) is 0.281. The molecule has 0 spiro atoms. The molecule has 3 aromatic rings. The molecular weight excluding hydrogens is 432 g/mol. The molecule has 0 heterocycles. The first-order valence-corrected chi connectivity index (χ1v) is 12.4. The summed E-state index contributed by atoms with van der Waals surface area (Å²) < 4.78 is 12.7. The van der Waals surface area contributed by atoms with Crippen LogP contribution in [0.5, 0.6) is 17.2 Å². The van der Waals surface area contributed by atoms with Crippen molar-refractivity contribution in [1.29, 1.82) is 0 Å². The Morgan fingerprint density at radius 1 is 1.03 bits per heavy atom. The lowest BCUT2D eigenvalue weighted by molar-refractivity contribution is -0.130. The molecule has 5 rings (SSSR count). The second-order valence-electron chi connectivity index (χ2n) is 10.1. The zero-order valence-corrected chi connectivity index (χ0v) is 21.0. The summed E-state index contributed by atoms with van der Waals surface area (Å²) >= 11 is 0. The van der Waals surface area contributed by atoms with Crippen LogP contribution in [-0.2, 0) is 4.79 Å². The predicted molar refractivity (Wildman–Crippen MR) is 142 cm³/mol. The van der Waals surface area contributed by atoms with Gasteiger partial charge in [0.2, 0.25) is 0 Å². The minimum atomic E-state index is -0.386. The van der Waals surface area contributed by atoms with E-state index in [-0.39, 0.29) is 17.8 Å². The second-order valence-corrected chi connectivity index (χ2v) is 10.1. The lowest BCUT2D eigenvalue weighted by Gasteiger charge is -2.25. The van der Waals surface area contributed by atoms with Gasteiger partial charge >= 0.3 is 5.97 Å². The highest BCUT2D eigenvalue weighted by molar-refractivity contribution is 6.01. The molecule has 0 radical (unpaired) electrons. The van der Waals surface area contributed by atoms with Gasteiger partial charge in [-0.05, 0) is 65.2 Å². The third kappa shape index (κ3) is 4.32. The Bertz CT molecular complexity index is 1390. The molecule has 3 nitrogen and oxygen atoms in total. The van der Waals surface area contributed by atoms with Crippen LogP contribution in [0, 0.1) is 6.92 Å². The van der Waals surface area contributed by atoms with Crippen LogP contribution < -0.4 is 9.47 Å². The van der Waals surface area contributed by atoms with Gasteiger partial charge in [-0.25, -0.2) is 4.79 Å². The first kappa shape index (κ1) is 23.2. The Labute approximate surface area is 207 Å². The minimum absolute atomic E-state index is 0.234. The van der Waals surface area contributed by atoms with E-state index in [1.54, 1.807) is 6.92 Å². The molecule has 0 aliphatic heterocycles. The molecule has 3 aromatic carbocycles. The summed E-state index contributed by atoms with van der Waals surface area (Å²) in [5.41, 5.74) is 6.57. The lowest BCUT2D eigenvalue weighted by Crippen LogP contribution is -2.13. The van der Waals surface area contributed by atoms with Gasteiger partial charge in [0.25, 0.3) is 0 Å². The summed E-state index contributed by atoms with van der Waals surface area (Å²) in [4.78, 5) is 12.8. The van der Waals surface area contributed by atoms with E-state index in [1.165, 1.54) is 11.1 Å². The van der Waals surface area contributed by atoms with Crippen molar-refractivity contribution in [3.63, 3.8) is 0 Å². The van der Waals surface area contributed by atoms with Crippen molar-refractivity contribution in [2.24, 2.45) is 0 Å². The molecule has 3 heteroatoms. The standard InChI is InChI=1S/C32H32O3/c1-19(2)10-9-11-22-17-23-18-26(22)29-28(23)31(34-24-12-7-6-8-13-24)27-16-21(5)14-15-25(27)30(29)35-32(33)20(3)4/h6-8,10,12-17,23,26H,3,9,11,18H2,1-2,4-5H3. The van der Waals surface area contributed by atoms with Crippen molar-refractivity contribution in [3.05, 3.63) is 101 Å². The normalized spacial score (nSPS) is 17.7. The van der Waals surface area contributed by atoms with Gasteiger partial charge in [0.1, 0.15) is 17.2 Å². The highest BCUT2D eigenvalue weighted by atomic mass is 16.5. The number of fused-ring (bicyclic) bond motifs is 6. The Hall–Kier alpha value is -3.59. The third-order valence-corrected chi connectivity index (χ3v) is 7.01. The zero-order valence-electron chi connectivity index (χ0n) is 21.0. The number of para-hydroxylation sites is 1. The summed E-state index contributed by atoms with van der Waals surface area (Å²) in [5, 5.41) is 1.88. The van der Waals surface area contributed by atoms with Gasteiger partial charge in [0.05, 0.1) is 0 Å². The third-order valence-electron chi connectivity index (χ3n) is 7.01. The van der Waals surface area contributed by atoms with Gasteiger partial charge in [0, 0.05) is 39.3 Å². The molecule has 2 aliphatic rings. The Balaban J connectivity index is 1.71. The number of ether oxygens (including phenoxy) is 2. The monoisotopic (exact) mass is 464 g/mol. The Kier molecular flexibility index (Phi) is 6.10. The van der Waals surface area contributed by atoms with E-state index in [1.807, 2.05) is 30.3 Å². The number of esters is 1. The maximum Gasteiger partial charge on any atom is 0.338 e. The number of aryl methyl sites for hydroxylation is 1. The van der Waals surface area contributed by atoms with Crippen LogP contribution in [0.3, 0.4) is 0 Å². The van der Waals surface area contributed by atoms with Crippen molar-refractivity contribution < 1.29 is 14.3 Å². The fourth-order valence-corrected chi connectivity index (χ4v) is 5.44. The first-order chi connectivity index (χ1) is 16.8. The van der Waals surface area contributed by atoms with Gasteiger partial charge in [-0.15, -0.1) is 0 Å². The van der Waals surface area contributed by atoms with Crippen LogP contribution in [0.25, 0.3) is 10.8 Å². The summed E-state index contributed by atoms with van der Waals surface area (Å²) in [5.74, 6) is 2.46. The number of hydrogen-bond acceptors (Lipinski definition) is 3. The van der Waals surface area contributed by atoms with Crippen LogP contribution >= 0.6 is 0 Å². The fourth-order valence-electron chi connectivity index (χ4n) is 5.44. The maximum atomic E-state index is 12.8. The number of rotatable bonds is 7. The lowest BCUT2D eigenvalue weighted by atomic mass is 9.85. The molecule has 178 valence electrons. The van der Waals surface area contributed by atoms with E-state index in [2.05, 4.69) is 57.7 Å². The summed E-state index contributed by atoms with van der Waals surface area (Å²) in [7, 11) is 0. The van der Waals surface area contributed by atoms with Gasteiger partial charge in [-0.2, -0.15) is 0 Å². The number of hydrogen-bond donors (Lipinski definition) is 0. The molecule has 0 saturated carbocycles. The quantitative estimate of drug-likeness (QED) is 0.152. The van der Waals surface area contributed by atoms with Crippen molar-refractivity contribution >= 4 is 16.7 Å². The molecule has 2 unspecified atom stereocenters. The number of carbonyl (C=O) groups is 1. The Morgan fingerprint density at radius 2 is 1.80 bits per heavy atom. The highest BCUT2D eigenvalue weighted by Gasteiger charge is 2.43. The largest absolute Gasteiger partial charge is 0.456 e. The van der Waals surface area contributed by atoms with E-state index < -0.39 is 0 Å². The number of allylic oxidation sites excluding steroid dienone is 4. The number of benzene rings is 3. The van der Waals surface area contributed by atoms with Crippen molar-refractivity contribution in [1.82, 2.24) is 0 Å². The highest BCUT2D eigenvalue weighted by Crippen LogP contribution is 2.61. The molecule has 0 amide bonds. The average molecular weight is 465 g/mol. The predicted octanol–water partition coefficient (Wildman–Crippen LogP) is 8.68. The van der Waals surface area contributed by atoms with Gasteiger partial charge < -0.3 is 9.47 Å². The van der Waals surface area contributed by atoms with Crippen LogP contribution in [0.1, 0.15) is 68.6 Å².